The molecule has 0 spiro atoms. The van der Waals surface area contributed by atoms with E-state index in [9.17, 15) is 9.90 Å². The van der Waals surface area contributed by atoms with E-state index >= 15 is 0 Å². The molecule has 0 heterocycles. The van der Waals surface area contributed by atoms with Crippen LogP contribution < -0.4 is 5.32 Å². The number of hydrogen-bond donors (Lipinski definition) is 2. The molecule has 3 heteroatoms. The third-order valence-corrected chi connectivity index (χ3v) is 3.45. The van der Waals surface area contributed by atoms with Crippen LogP contribution in [-0.2, 0) is 4.79 Å². The molecule has 0 aromatic carbocycles. The summed E-state index contributed by atoms with van der Waals surface area (Å²) < 4.78 is 0. The zero-order chi connectivity index (χ0) is 11.3. The molecule has 0 bridgehead atoms. The summed E-state index contributed by atoms with van der Waals surface area (Å²) in [6.07, 6.45) is 4.54. The predicted molar refractivity (Wildman–Crippen MR) is 60.4 cm³/mol. The van der Waals surface area contributed by atoms with Crippen molar-refractivity contribution in [2.75, 3.05) is 6.54 Å². The topological polar surface area (TPSA) is 49.3 Å². The summed E-state index contributed by atoms with van der Waals surface area (Å²) in [6, 6.07) is 0. The smallest absolute Gasteiger partial charge is 0.223 e. The Balaban J connectivity index is 2.18. The molecule has 1 fully saturated rings. The molecule has 0 saturated heterocycles. The van der Waals surface area contributed by atoms with Crippen LogP contribution in [0.15, 0.2) is 0 Å². The van der Waals surface area contributed by atoms with Crippen LogP contribution in [-0.4, -0.2) is 23.7 Å². The lowest BCUT2D eigenvalue weighted by molar-refractivity contribution is -0.125. The monoisotopic (exact) mass is 213 g/mol. The maximum absolute atomic E-state index is 11.7. The van der Waals surface area contributed by atoms with Crippen LogP contribution in [0.1, 0.15) is 46.0 Å². The highest BCUT2D eigenvalue weighted by Crippen LogP contribution is 2.31. The Bertz CT molecular complexity index is 206. The van der Waals surface area contributed by atoms with Gasteiger partial charge in [-0.1, -0.05) is 20.3 Å². The van der Waals surface area contributed by atoms with Crippen molar-refractivity contribution in [2.24, 2.45) is 11.8 Å². The van der Waals surface area contributed by atoms with Crippen molar-refractivity contribution in [2.45, 2.75) is 52.1 Å². The van der Waals surface area contributed by atoms with Gasteiger partial charge in [-0.25, -0.2) is 0 Å². The zero-order valence-corrected chi connectivity index (χ0v) is 9.83. The molecule has 1 aliphatic rings. The van der Waals surface area contributed by atoms with E-state index in [-0.39, 0.29) is 17.9 Å². The van der Waals surface area contributed by atoms with Gasteiger partial charge < -0.3 is 10.4 Å². The molecule has 0 aromatic heterocycles. The highest BCUT2D eigenvalue weighted by molar-refractivity contribution is 5.79. The summed E-state index contributed by atoms with van der Waals surface area (Å²) in [4.78, 5) is 11.7. The third kappa shape index (κ3) is 3.82. The Morgan fingerprint density at radius 1 is 1.53 bits per heavy atom. The minimum Gasteiger partial charge on any atom is -0.393 e. The average Bonchev–Trinajstić information content (AvgIpc) is 2.64. The maximum atomic E-state index is 11.7. The fourth-order valence-corrected chi connectivity index (χ4v) is 2.23. The van der Waals surface area contributed by atoms with Gasteiger partial charge in [0, 0.05) is 12.5 Å². The van der Waals surface area contributed by atoms with Crippen LogP contribution in [0.25, 0.3) is 0 Å². The van der Waals surface area contributed by atoms with Crippen LogP contribution in [0.3, 0.4) is 0 Å². The summed E-state index contributed by atoms with van der Waals surface area (Å²) in [5, 5.41) is 12.3. The average molecular weight is 213 g/mol. The number of carbonyl (C=O) groups is 1. The van der Waals surface area contributed by atoms with Crippen molar-refractivity contribution in [1.82, 2.24) is 5.32 Å². The van der Waals surface area contributed by atoms with Crippen LogP contribution in [0, 0.1) is 11.8 Å². The SMILES string of the molecule is CCC(O)CCNC(=O)C1CCCC1C. The maximum Gasteiger partial charge on any atom is 0.223 e. The summed E-state index contributed by atoms with van der Waals surface area (Å²) in [5.41, 5.74) is 0. The van der Waals surface area contributed by atoms with Gasteiger partial charge in [0.05, 0.1) is 6.10 Å². The van der Waals surface area contributed by atoms with E-state index in [1.54, 1.807) is 0 Å². The second kappa shape index (κ2) is 6.11. The number of nitrogens with one attached hydrogen (secondary N) is 1. The van der Waals surface area contributed by atoms with Crippen molar-refractivity contribution < 1.29 is 9.90 Å². The Morgan fingerprint density at radius 2 is 2.27 bits per heavy atom. The molecule has 1 amide bonds. The van der Waals surface area contributed by atoms with E-state index in [4.69, 9.17) is 0 Å². The molecule has 0 aliphatic heterocycles. The highest BCUT2D eigenvalue weighted by atomic mass is 16.3. The molecule has 15 heavy (non-hydrogen) atoms. The van der Waals surface area contributed by atoms with Gasteiger partial charge in [0.2, 0.25) is 5.91 Å². The first-order valence-electron chi connectivity index (χ1n) is 6.11. The fourth-order valence-electron chi connectivity index (χ4n) is 2.23. The van der Waals surface area contributed by atoms with Crippen molar-refractivity contribution >= 4 is 5.91 Å². The van der Waals surface area contributed by atoms with Crippen molar-refractivity contribution in [1.29, 1.82) is 0 Å². The summed E-state index contributed by atoms with van der Waals surface area (Å²) >= 11 is 0. The number of aliphatic hydroxyl groups is 1. The van der Waals surface area contributed by atoms with E-state index in [0.29, 0.717) is 18.9 Å². The molecule has 0 radical (unpaired) electrons. The largest absolute Gasteiger partial charge is 0.393 e. The van der Waals surface area contributed by atoms with Crippen LogP contribution in [0.5, 0.6) is 0 Å². The number of carbonyl (C=O) groups excluding carboxylic acids is 1. The third-order valence-electron chi connectivity index (χ3n) is 3.45. The molecule has 3 nitrogen and oxygen atoms in total. The van der Waals surface area contributed by atoms with E-state index < -0.39 is 0 Å². The Hall–Kier alpha value is -0.570. The molecule has 1 aliphatic carbocycles. The standard InChI is InChI=1S/C12H23NO2/c1-3-10(14)7-8-13-12(15)11-6-4-5-9(11)2/h9-11,14H,3-8H2,1-2H3,(H,13,15). The lowest BCUT2D eigenvalue weighted by atomic mass is 9.97. The van der Waals surface area contributed by atoms with Gasteiger partial charge in [-0.15, -0.1) is 0 Å². The number of amides is 1. The lowest BCUT2D eigenvalue weighted by Crippen LogP contribution is -2.33. The summed E-state index contributed by atoms with van der Waals surface area (Å²) in [5.74, 6) is 0.924. The molecule has 1 rings (SSSR count). The normalized spacial score (nSPS) is 27.7. The first-order valence-corrected chi connectivity index (χ1v) is 6.11. The van der Waals surface area contributed by atoms with Crippen LogP contribution >= 0.6 is 0 Å². The molecular weight excluding hydrogens is 190 g/mol. The Morgan fingerprint density at radius 3 is 2.80 bits per heavy atom. The quantitative estimate of drug-likeness (QED) is 0.730. The molecule has 3 atom stereocenters. The summed E-state index contributed by atoms with van der Waals surface area (Å²) in [6.45, 7) is 4.71. The molecule has 0 aromatic rings. The van der Waals surface area contributed by atoms with E-state index in [1.807, 2.05) is 6.92 Å². The van der Waals surface area contributed by atoms with Crippen LogP contribution in [0.4, 0.5) is 0 Å². The number of rotatable bonds is 5. The zero-order valence-electron chi connectivity index (χ0n) is 9.83. The molecule has 2 N–H and O–H groups in total. The second-order valence-electron chi connectivity index (χ2n) is 4.66. The van der Waals surface area contributed by atoms with Gasteiger partial charge >= 0.3 is 0 Å². The van der Waals surface area contributed by atoms with Gasteiger partial charge in [-0.2, -0.15) is 0 Å². The lowest BCUT2D eigenvalue weighted by Gasteiger charge is -2.15. The van der Waals surface area contributed by atoms with Gasteiger partial charge in [0.25, 0.3) is 0 Å². The van der Waals surface area contributed by atoms with E-state index in [0.717, 1.165) is 12.8 Å². The van der Waals surface area contributed by atoms with E-state index in [1.165, 1.54) is 12.8 Å². The minimum atomic E-state index is -0.272. The van der Waals surface area contributed by atoms with Crippen molar-refractivity contribution in [3.8, 4) is 0 Å². The highest BCUT2D eigenvalue weighted by Gasteiger charge is 2.29. The number of hydrogen-bond acceptors (Lipinski definition) is 2. The first kappa shape index (κ1) is 12.5. The molecular formula is C12H23NO2. The van der Waals surface area contributed by atoms with Gasteiger partial charge in [-0.05, 0) is 31.6 Å². The van der Waals surface area contributed by atoms with Gasteiger partial charge in [0.1, 0.15) is 0 Å². The fraction of sp³-hybridized carbons (Fsp3) is 0.917. The van der Waals surface area contributed by atoms with Crippen molar-refractivity contribution in [3.05, 3.63) is 0 Å². The second-order valence-corrected chi connectivity index (χ2v) is 4.66. The Kier molecular flexibility index (Phi) is 5.09. The minimum absolute atomic E-state index is 0.184. The van der Waals surface area contributed by atoms with Crippen LogP contribution in [0.2, 0.25) is 0 Å². The van der Waals surface area contributed by atoms with Gasteiger partial charge in [0.15, 0.2) is 0 Å². The molecule has 1 saturated carbocycles. The van der Waals surface area contributed by atoms with Crippen molar-refractivity contribution in [3.63, 3.8) is 0 Å². The molecule has 3 unspecified atom stereocenters. The molecule has 88 valence electrons. The predicted octanol–water partition coefficient (Wildman–Crippen LogP) is 1.70. The van der Waals surface area contributed by atoms with Gasteiger partial charge in [-0.3, -0.25) is 4.79 Å². The van der Waals surface area contributed by atoms with E-state index in [2.05, 4.69) is 12.2 Å². The summed E-state index contributed by atoms with van der Waals surface area (Å²) in [7, 11) is 0. The first-order chi connectivity index (χ1) is 7.15. The Labute approximate surface area is 92.3 Å². The number of aliphatic hydroxyl groups excluding tert-OH is 1.